The second-order valence-electron chi connectivity index (χ2n) is 8.33. The Morgan fingerprint density at radius 1 is 0.895 bits per heavy atom. The smallest absolute Gasteiger partial charge is 0.404 e. The van der Waals surface area contributed by atoms with Crippen LogP contribution < -0.4 is 16.0 Å². The Morgan fingerprint density at radius 2 is 1.61 bits per heavy atom. The summed E-state index contributed by atoms with van der Waals surface area (Å²) in [6, 6.07) is 25.0. The lowest BCUT2D eigenvalue weighted by molar-refractivity contribution is 0.100. The zero-order valence-corrected chi connectivity index (χ0v) is 20.7. The van der Waals surface area contributed by atoms with Gasteiger partial charge in [0.1, 0.15) is 5.82 Å². The third-order valence-corrected chi connectivity index (χ3v) is 5.64. The summed E-state index contributed by atoms with van der Waals surface area (Å²) in [5.74, 6) is 0.0500. The summed E-state index contributed by atoms with van der Waals surface area (Å²) in [7, 11) is 1.75. The standard InChI is InChI=1S/C28H27N5O5/c1-33-25(31-26(34)20-7-3-2-4-8-20)17-24(32-33)19-11-13-22(14-12-19)30-27(35)23-10-6-5-9-21(23)18-38-16-15-29-28(36)37/h2-14,17,29H,15-16,18H2,1H3,(H,30,35)(H,31,34)(H,36,37). The number of amides is 3. The summed E-state index contributed by atoms with van der Waals surface area (Å²) in [5.41, 5.74) is 3.81. The van der Waals surface area contributed by atoms with Crippen LogP contribution in [0.15, 0.2) is 84.9 Å². The number of benzene rings is 3. The molecule has 0 unspecified atom stereocenters. The third kappa shape index (κ3) is 6.83. The Balaban J connectivity index is 1.38. The Kier molecular flexibility index (Phi) is 8.47. The maximum atomic E-state index is 12.9. The lowest BCUT2D eigenvalue weighted by atomic mass is 10.1. The van der Waals surface area contributed by atoms with Gasteiger partial charge in [0.2, 0.25) is 0 Å². The molecule has 0 saturated carbocycles. The number of aryl methyl sites for hydroxylation is 1. The van der Waals surface area contributed by atoms with Crippen LogP contribution in [-0.4, -0.2) is 45.9 Å². The minimum absolute atomic E-state index is 0.160. The number of nitrogens with one attached hydrogen (secondary N) is 3. The maximum absolute atomic E-state index is 12.9. The van der Waals surface area contributed by atoms with Gasteiger partial charge in [-0.2, -0.15) is 5.10 Å². The number of nitrogens with zero attached hydrogens (tertiary/aromatic N) is 2. The van der Waals surface area contributed by atoms with Crippen LogP contribution in [0.2, 0.25) is 0 Å². The average molecular weight is 514 g/mol. The lowest BCUT2D eigenvalue weighted by Gasteiger charge is -2.11. The topological polar surface area (TPSA) is 135 Å². The van der Waals surface area contributed by atoms with Gasteiger partial charge in [-0.3, -0.25) is 14.3 Å². The van der Waals surface area contributed by atoms with Gasteiger partial charge in [-0.1, -0.05) is 48.5 Å². The van der Waals surface area contributed by atoms with Crippen LogP contribution in [0.25, 0.3) is 11.3 Å². The van der Waals surface area contributed by atoms with E-state index in [-0.39, 0.29) is 31.6 Å². The molecule has 0 fully saturated rings. The number of carbonyl (C=O) groups is 3. The summed E-state index contributed by atoms with van der Waals surface area (Å²) >= 11 is 0. The number of carbonyl (C=O) groups excluding carboxylic acids is 2. The quantitative estimate of drug-likeness (QED) is 0.233. The summed E-state index contributed by atoms with van der Waals surface area (Å²) in [6.07, 6.45) is -1.11. The zero-order valence-electron chi connectivity index (χ0n) is 20.7. The monoisotopic (exact) mass is 513 g/mol. The normalized spacial score (nSPS) is 10.6. The first-order valence-electron chi connectivity index (χ1n) is 11.9. The van der Waals surface area contributed by atoms with Crippen molar-refractivity contribution in [2.24, 2.45) is 7.05 Å². The molecule has 0 bridgehead atoms. The number of hydrogen-bond acceptors (Lipinski definition) is 5. The maximum Gasteiger partial charge on any atom is 0.404 e. The molecule has 1 aromatic heterocycles. The number of ether oxygens (including phenoxy) is 1. The molecular weight excluding hydrogens is 486 g/mol. The van der Waals surface area contributed by atoms with E-state index in [0.29, 0.717) is 33.9 Å². The summed E-state index contributed by atoms with van der Waals surface area (Å²) < 4.78 is 7.10. The van der Waals surface area contributed by atoms with E-state index >= 15 is 0 Å². The molecule has 1 heterocycles. The van der Waals surface area contributed by atoms with Crippen molar-refractivity contribution in [2.75, 3.05) is 23.8 Å². The number of aromatic nitrogens is 2. The third-order valence-electron chi connectivity index (χ3n) is 5.64. The van der Waals surface area contributed by atoms with E-state index in [1.807, 2.05) is 24.3 Å². The number of carboxylic acid groups (broad SMARTS) is 1. The average Bonchev–Trinajstić information content (AvgIpc) is 3.29. The highest BCUT2D eigenvalue weighted by Crippen LogP contribution is 2.24. The van der Waals surface area contributed by atoms with Gasteiger partial charge in [-0.25, -0.2) is 4.79 Å². The molecule has 0 saturated heterocycles. The van der Waals surface area contributed by atoms with E-state index in [4.69, 9.17) is 9.84 Å². The predicted molar refractivity (Wildman–Crippen MR) is 143 cm³/mol. The zero-order chi connectivity index (χ0) is 26.9. The first kappa shape index (κ1) is 26.1. The van der Waals surface area contributed by atoms with E-state index in [0.717, 1.165) is 5.56 Å². The molecule has 0 atom stereocenters. The van der Waals surface area contributed by atoms with Crippen molar-refractivity contribution in [2.45, 2.75) is 6.61 Å². The minimum atomic E-state index is -1.11. The summed E-state index contributed by atoms with van der Waals surface area (Å²) in [5, 5.41) is 21.1. The molecular formula is C28H27N5O5. The largest absolute Gasteiger partial charge is 0.465 e. The molecule has 0 radical (unpaired) electrons. The minimum Gasteiger partial charge on any atom is -0.465 e. The molecule has 3 aromatic carbocycles. The second kappa shape index (κ2) is 12.3. The van der Waals surface area contributed by atoms with Crippen molar-refractivity contribution in [3.63, 3.8) is 0 Å². The Bertz CT molecular complexity index is 1420. The first-order chi connectivity index (χ1) is 18.4. The van der Waals surface area contributed by atoms with Gasteiger partial charge in [0.05, 0.1) is 18.9 Å². The molecule has 0 aliphatic rings. The van der Waals surface area contributed by atoms with Crippen LogP contribution in [0.3, 0.4) is 0 Å². The highest BCUT2D eigenvalue weighted by Gasteiger charge is 2.14. The molecule has 4 N–H and O–H groups in total. The van der Waals surface area contributed by atoms with Gasteiger partial charge >= 0.3 is 6.09 Å². The van der Waals surface area contributed by atoms with Gasteiger partial charge in [-0.05, 0) is 35.9 Å². The van der Waals surface area contributed by atoms with Crippen molar-refractivity contribution in [3.05, 3.63) is 102 Å². The number of anilines is 2. The molecule has 4 rings (SSSR count). The Hall–Kier alpha value is -4.96. The van der Waals surface area contributed by atoms with Crippen LogP contribution in [0.1, 0.15) is 26.3 Å². The van der Waals surface area contributed by atoms with E-state index in [2.05, 4.69) is 21.0 Å². The van der Waals surface area contributed by atoms with Gasteiger partial charge in [-0.15, -0.1) is 0 Å². The SMILES string of the molecule is Cn1nc(-c2ccc(NC(=O)c3ccccc3COCCNC(=O)O)cc2)cc1NC(=O)c1ccccc1. The molecule has 194 valence electrons. The fraction of sp³-hybridized carbons (Fsp3) is 0.143. The number of rotatable bonds is 10. The summed E-state index contributed by atoms with van der Waals surface area (Å²) in [6.45, 7) is 0.523. The molecule has 3 amide bonds. The highest BCUT2D eigenvalue weighted by molar-refractivity contribution is 6.05. The fourth-order valence-corrected chi connectivity index (χ4v) is 3.71. The van der Waals surface area contributed by atoms with Crippen LogP contribution in [-0.2, 0) is 18.4 Å². The van der Waals surface area contributed by atoms with Crippen LogP contribution in [0.4, 0.5) is 16.3 Å². The van der Waals surface area contributed by atoms with Gasteiger partial charge in [0.15, 0.2) is 0 Å². The van der Waals surface area contributed by atoms with Crippen molar-refractivity contribution in [1.29, 1.82) is 0 Å². The highest BCUT2D eigenvalue weighted by atomic mass is 16.5. The molecule has 4 aromatic rings. The van der Waals surface area contributed by atoms with Crippen molar-refractivity contribution in [1.82, 2.24) is 15.1 Å². The van der Waals surface area contributed by atoms with Gasteiger partial charge in [0.25, 0.3) is 11.8 Å². The van der Waals surface area contributed by atoms with Crippen molar-refractivity contribution < 1.29 is 24.2 Å². The number of hydrogen-bond donors (Lipinski definition) is 4. The van der Waals surface area contributed by atoms with Gasteiger partial charge in [0, 0.05) is 42.0 Å². The molecule has 38 heavy (non-hydrogen) atoms. The van der Waals surface area contributed by atoms with Crippen molar-refractivity contribution >= 4 is 29.4 Å². The molecule has 10 nitrogen and oxygen atoms in total. The first-order valence-corrected chi connectivity index (χ1v) is 11.9. The van der Waals surface area contributed by atoms with Crippen LogP contribution >= 0.6 is 0 Å². The Morgan fingerprint density at radius 3 is 2.34 bits per heavy atom. The van der Waals surface area contributed by atoms with E-state index in [1.54, 1.807) is 72.4 Å². The lowest BCUT2D eigenvalue weighted by Crippen LogP contribution is -2.25. The molecule has 0 aliphatic heterocycles. The van der Waals surface area contributed by atoms with Gasteiger partial charge < -0.3 is 25.8 Å². The van der Waals surface area contributed by atoms with E-state index in [9.17, 15) is 14.4 Å². The van der Waals surface area contributed by atoms with E-state index in [1.165, 1.54) is 0 Å². The molecule has 0 aliphatic carbocycles. The van der Waals surface area contributed by atoms with Crippen LogP contribution in [0, 0.1) is 0 Å². The van der Waals surface area contributed by atoms with E-state index < -0.39 is 6.09 Å². The molecule has 10 heteroatoms. The Labute approximate surface area is 219 Å². The second-order valence-corrected chi connectivity index (χ2v) is 8.33. The van der Waals surface area contributed by atoms with Crippen LogP contribution in [0.5, 0.6) is 0 Å². The van der Waals surface area contributed by atoms with Crippen molar-refractivity contribution in [3.8, 4) is 11.3 Å². The summed E-state index contributed by atoms with van der Waals surface area (Å²) in [4.78, 5) is 35.9. The predicted octanol–water partition coefficient (Wildman–Crippen LogP) is 4.38. The fourth-order valence-electron chi connectivity index (χ4n) is 3.71. The molecule has 0 spiro atoms.